The van der Waals surface area contributed by atoms with Gasteiger partial charge in [0, 0.05) is 11.5 Å². The molecule has 9 heteroatoms. The zero-order chi connectivity index (χ0) is 28.9. The SMILES string of the molecule is CCCOC(=O)/C=C/[C@H]1CC[C@@]2(O)[C@@H]3CC[C@H]4C[C@@H](O[C@@H]5O[C@H](CO)[C@@H](O)[C@H](O)[C@H]5O)CC[C@]4(C)[C@H]3CC[C@]12C. The van der Waals surface area contributed by atoms with Crippen molar-refractivity contribution in [2.24, 2.45) is 34.5 Å². The average Bonchev–Trinajstić information content (AvgIpc) is 3.21. The summed E-state index contributed by atoms with van der Waals surface area (Å²) >= 11 is 0. The van der Waals surface area contributed by atoms with E-state index in [0.717, 1.165) is 64.2 Å². The summed E-state index contributed by atoms with van der Waals surface area (Å²) in [5.74, 6) is 0.900. The van der Waals surface area contributed by atoms with Gasteiger partial charge in [-0.25, -0.2) is 4.79 Å². The fourth-order valence-electron chi connectivity index (χ4n) is 9.47. The maximum absolute atomic E-state index is 12.4. The minimum absolute atomic E-state index is 0.0765. The van der Waals surface area contributed by atoms with E-state index in [1.54, 1.807) is 6.08 Å². The van der Waals surface area contributed by atoms with Gasteiger partial charge in [0.1, 0.15) is 24.4 Å². The van der Waals surface area contributed by atoms with Crippen LogP contribution in [0.4, 0.5) is 0 Å². The molecule has 0 aromatic carbocycles. The third kappa shape index (κ3) is 4.97. The molecule has 5 rings (SSSR count). The second-order valence-electron chi connectivity index (χ2n) is 13.8. The second-order valence-corrected chi connectivity index (χ2v) is 13.8. The Labute approximate surface area is 237 Å². The van der Waals surface area contributed by atoms with Crippen LogP contribution in [0.5, 0.6) is 0 Å². The number of esters is 1. The Morgan fingerprint density at radius 3 is 2.48 bits per heavy atom. The number of carbonyl (C=O) groups is 1. The van der Waals surface area contributed by atoms with Crippen LogP contribution in [0.3, 0.4) is 0 Å². The summed E-state index contributed by atoms with van der Waals surface area (Å²) in [5.41, 5.74) is -0.939. The van der Waals surface area contributed by atoms with Gasteiger partial charge in [-0.15, -0.1) is 0 Å². The number of ether oxygens (including phenoxy) is 3. The van der Waals surface area contributed by atoms with Gasteiger partial charge in [-0.3, -0.25) is 0 Å². The first-order chi connectivity index (χ1) is 19.0. The number of hydrogen-bond acceptors (Lipinski definition) is 9. The maximum atomic E-state index is 12.4. The molecule has 0 radical (unpaired) electrons. The maximum Gasteiger partial charge on any atom is 0.330 e. The van der Waals surface area contributed by atoms with Crippen molar-refractivity contribution >= 4 is 5.97 Å². The highest BCUT2D eigenvalue weighted by molar-refractivity contribution is 5.81. The van der Waals surface area contributed by atoms with E-state index in [9.17, 15) is 30.3 Å². The normalized spacial score (nSPS) is 50.7. The smallest absolute Gasteiger partial charge is 0.330 e. The summed E-state index contributed by atoms with van der Waals surface area (Å²) in [6.45, 7) is 6.54. The molecule has 0 bridgehead atoms. The number of hydrogen-bond donors (Lipinski definition) is 5. The molecule has 5 aliphatic rings. The minimum atomic E-state index is -1.44. The van der Waals surface area contributed by atoms with Crippen LogP contribution in [0.25, 0.3) is 0 Å². The molecule has 4 saturated carbocycles. The Kier molecular flexibility index (Phi) is 8.77. The van der Waals surface area contributed by atoms with E-state index in [1.807, 2.05) is 13.0 Å². The Balaban J connectivity index is 1.25. The molecule has 40 heavy (non-hydrogen) atoms. The van der Waals surface area contributed by atoms with Crippen molar-refractivity contribution in [2.75, 3.05) is 13.2 Å². The van der Waals surface area contributed by atoms with E-state index >= 15 is 0 Å². The Morgan fingerprint density at radius 2 is 1.75 bits per heavy atom. The second kappa shape index (κ2) is 11.5. The van der Waals surface area contributed by atoms with E-state index in [2.05, 4.69) is 13.8 Å². The molecule has 0 amide bonds. The highest BCUT2D eigenvalue weighted by Crippen LogP contribution is 2.69. The Hall–Kier alpha value is -1.07. The van der Waals surface area contributed by atoms with Crippen LogP contribution in [0, 0.1) is 34.5 Å². The molecule has 0 spiro atoms. The third-order valence-electron chi connectivity index (χ3n) is 12.0. The van der Waals surface area contributed by atoms with Crippen molar-refractivity contribution in [3.8, 4) is 0 Å². The van der Waals surface area contributed by atoms with Gasteiger partial charge in [0.15, 0.2) is 6.29 Å². The van der Waals surface area contributed by atoms with Crippen molar-refractivity contribution < 1.29 is 44.5 Å². The number of fused-ring (bicyclic) bond motifs is 5. The molecule has 9 nitrogen and oxygen atoms in total. The van der Waals surface area contributed by atoms with Gasteiger partial charge < -0.3 is 39.7 Å². The number of aliphatic hydroxyl groups is 5. The molecule has 1 aliphatic heterocycles. The van der Waals surface area contributed by atoms with Crippen LogP contribution < -0.4 is 0 Å². The largest absolute Gasteiger partial charge is 0.463 e. The molecule has 0 aromatic rings. The number of rotatable bonds is 7. The highest BCUT2D eigenvalue weighted by atomic mass is 16.7. The van der Waals surface area contributed by atoms with Crippen LogP contribution >= 0.6 is 0 Å². The van der Waals surface area contributed by atoms with E-state index in [0.29, 0.717) is 18.4 Å². The van der Waals surface area contributed by atoms with Crippen LogP contribution in [-0.4, -0.2) is 87.1 Å². The molecule has 5 N–H and O–H groups in total. The van der Waals surface area contributed by atoms with Gasteiger partial charge >= 0.3 is 5.97 Å². The van der Waals surface area contributed by atoms with E-state index in [1.165, 1.54) is 0 Å². The molecule has 5 fully saturated rings. The summed E-state index contributed by atoms with van der Waals surface area (Å²) in [6, 6.07) is 0. The molecule has 228 valence electrons. The lowest BCUT2D eigenvalue weighted by Crippen LogP contribution is -2.62. The van der Waals surface area contributed by atoms with Crippen molar-refractivity contribution in [1.29, 1.82) is 0 Å². The van der Waals surface area contributed by atoms with Crippen LogP contribution in [0.1, 0.15) is 85.0 Å². The van der Waals surface area contributed by atoms with Crippen LogP contribution in [0.2, 0.25) is 0 Å². The molecular weight excluding hydrogens is 516 g/mol. The first-order valence-electron chi connectivity index (χ1n) is 15.5. The molecule has 1 saturated heterocycles. The highest BCUT2D eigenvalue weighted by Gasteiger charge is 2.66. The van der Waals surface area contributed by atoms with Gasteiger partial charge in [0.25, 0.3) is 0 Å². The quantitative estimate of drug-likeness (QED) is 0.178. The van der Waals surface area contributed by atoms with Crippen LogP contribution in [-0.2, 0) is 19.0 Å². The van der Waals surface area contributed by atoms with Crippen LogP contribution in [0.15, 0.2) is 12.2 Å². The molecule has 4 aliphatic carbocycles. The summed E-state index contributed by atoms with van der Waals surface area (Å²) in [7, 11) is 0. The molecule has 1 heterocycles. The fraction of sp³-hybridized carbons (Fsp3) is 0.903. The van der Waals surface area contributed by atoms with Crippen molar-refractivity contribution in [2.45, 2.75) is 127 Å². The third-order valence-corrected chi connectivity index (χ3v) is 12.0. The summed E-state index contributed by atoms with van der Waals surface area (Å²) in [4.78, 5) is 12.1. The van der Waals surface area contributed by atoms with Gasteiger partial charge in [-0.05, 0) is 93.3 Å². The standard InChI is InChI=1S/C31H50O9/c1-4-15-38-24(33)8-6-18-9-14-31(37)22-7-5-19-16-20(10-12-29(19,2)21(22)11-13-30(18,31)3)39-28-27(36)26(35)25(34)23(17-32)40-28/h6,8,18-23,25-28,32,34-37H,4-5,7,9-17H2,1-3H3/b8-6+/t18-,19-,20-,21-,22+,23+,25+,26-,27+,28+,29-,30+,31+/m0/s1. The van der Waals surface area contributed by atoms with E-state index in [-0.39, 0.29) is 34.7 Å². The zero-order valence-electron chi connectivity index (χ0n) is 24.3. The Morgan fingerprint density at radius 1 is 0.975 bits per heavy atom. The fourth-order valence-corrected chi connectivity index (χ4v) is 9.47. The molecule has 13 atom stereocenters. The number of aliphatic hydroxyl groups excluding tert-OH is 4. The summed E-state index contributed by atoms with van der Waals surface area (Å²) < 4.78 is 17.0. The number of carbonyl (C=O) groups excluding carboxylic acids is 1. The van der Waals surface area contributed by atoms with Crippen molar-refractivity contribution in [3.05, 3.63) is 12.2 Å². The minimum Gasteiger partial charge on any atom is -0.463 e. The van der Waals surface area contributed by atoms with Gasteiger partial charge in [-0.1, -0.05) is 26.8 Å². The van der Waals surface area contributed by atoms with Crippen molar-refractivity contribution in [1.82, 2.24) is 0 Å². The van der Waals surface area contributed by atoms with Crippen molar-refractivity contribution in [3.63, 3.8) is 0 Å². The predicted octanol–water partition coefficient (Wildman–Crippen LogP) is 2.45. The monoisotopic (exact) mass is 566 g/mol. The summed E-state index contributed by atoms with van der Waals surface area (Å²) in [5, 5.41) is 52.6. The Bertz CT molecular complexity index is 940. The first-order valence-corrected chi connectivity index (χ1v) is 15.5. The first kappa shape index (κ1) is 30.4. The number of allylic oxidation sites excluding steroid dienone is 1. The molecule has 0 unspecified atom stereocenters. The zero-order valence-corrected chi connectivity index (χ0v) is 24.3. The average molecular weight is 567 g/mol. The molecular formula is C31H50O9. The lowest BCUT2D eigenvalue weighted by Gasteiger charge is -2.63. The lowest BCUT2D eigenvalue weighted by atomic mass is 9.43. The topological polar surface area (TPSA) is 146 Å². The van der Waals surface area contributed by atoms with E-state index < -0.39 is 42.9 Å². The van der Waals surface area contributed by atoms with Gasteiger partial charge in [0.2, 0.25) is 0 Å². The predicted molar refractivity (Wildman–Crippen MR) is 146 cm³/mol. The lowest BCUT2D eigenvalue weighted by molar-refractivity contribution is -0.317. The summed E-state index contributed by atoms with van der Waals surface area (Å²) in [6.07, 6.45) is 6.02. The van der Waals surface area contributed by atoms with Gasteiger partial charge in [0.05, 0.1) is 24.9 Å². The van der Waals surface area contributed by atoms with Gasteiger partial charge in [-0.2, -0.15) is 0 Å². The van der Waals surface area contributed by atoms with E-state index in [4.69, 9.17) is 14.2 Å². The molecule has 0 aromatic heterocycles.